The molecule has 4 rings (SSSR count). The highest BCUT2D eigenvalue weighted by atomic mass is 19.1. The second-order valence-corrected chi connectivity index (χ2v) is 6.96. The van der Waals surface area contributed by atoms with Gasteiger partial charge in [0, 0.05) is 18.4 Å². The highest BCUT2D eigenvalue weighted by Crippen LogP contribution is 2.21. The predicted molar refractivity (Wildman–Crippen MR) is 107 cm³/mol. The van der Waals surface area contributed by atoms with Gasteiger partial charge < -0.3 is 14.8 Å². The van der Waals surface area contributed by atoms with Crippen molar-refractivity contribution in [2.75, 3.05) is 18.5 Å². The first-order valence-electron chi connectivity index (χ1n) is 9.56. The lowest BCUT2D eigenvalue weighted by Crippen LogP contribution is -2.16. The zero-order chi connectivity index (χ0) is 20.2. The first-order chi connectivity index (χ1) is 14.1. The molecule has 1 saturated heterocycles. The molecule has 1 aliphatic rings. The molecule has 3 aromatic rings. The van der Waals surface area contributed by atoms with Gasteiger partial charge in [0.15, 0.2) is 0 Å². The monoisotopic (exact) mass is 395 g/mol. The van der Waals surface area contributed by atoms with E-state index in [1.54, 1.807) is 35.9 Å². The van der Waals surface area contributed by atoms with Crippen LogP contribution >= 0.6 is 0 Å². The number of amides is 1. The fourth-order valence-corrected chi connectivity index (χ4v) is 3.30. The molecule has 29 heavy (non-hydrogen) atoms. The molecule has 0 radical (unpaired) electrons. The van der Waals surface area contributed by atoms with Crippen LogP contribution in [-0.2, 0) is 4.74 Å². The Bertz CT molecular complexity index is 995. The maximum absolute atomic E-state index is 13.1. The van der Waals surface area contributed by atoms with Crippen LogP contribution in [0, 0.1) is 12.7 Å². The van der Waals surface area contributed by atoms with Crippen LogP contribution in [0.15, 0.2) is 54.7 Å². The van der Waals surface area contributed by atoms with Gasteiger partial charge in [-0.25, -0.2) is 9.07 Å². The van der Waals surface area contributed by atoms with Crippen molar-refractivity contribution in [1.82, 2.24) is 9.78 Å². The third-order valence-electron chi connectivity index (χ3n) is 4.88. The van der Waals surface area contributed by atoms with E-state index in [0.29, 0.717) is 35.0 Å². The molecule has 7 heteroatoms. The van der Waals surface area contributed by atoms with Crippen molar-refractivity contribution in [2.24, 2.45) is 0 Å². The maximum Gasteiger partial charge on any atom is 0.259 e. The standard InChI is InChI=1S/C22H22FN3O3/c1-15-21(13-24-26(15)18-9-7-16(23)8-10-18)22(27)25-17-4-2-5-19(12-17)29-14-20-6-3-11-28-20/h2,4-5,7-10,12-13,20H,3,6,11,14H2,1H3,(H,25,27). The number of nitrogens with one attached hydrogen (secondary N) is 1. The minimum atomic E-state index is -0.321. The van der Waals surface area contributed by atoms with Crippen molar-refractivity contribution < 1.29 is 18.7 Å². The second-order valence-electron chi connectivity index (χ2n) is 6.96. The molecule has 2 heterocycles. The Morgan fingerprint density at radius 2 is 2.14 bits per heavy atom. The third-order valence-corrected chi connectivity index (χ3v) is 4.88. The number of hydrogen-bond donors (Lipinski definition) is 1. The average molecular weight is 395 g/mol. The Labute approximate surface area is 168 Å². The number of carbonyl (C=O) groups is 1. The Balaban J connectivity index is 1.44. The minimum absolute atomic E-state index is 0.133. The van der Waals surface area contributed by atoms with E-state index in [-0.39, 0.29) is 17.8 Å². The molecule has 6 nitrogen and oxygen atoms in total. The average Bonchev–Trinajstić information content (AvgIpc) is 3.37. The number of rotatable bonds is 6. The SMILES string of the molecule is Cc1c(C(=O)Nc2cccc(OCC3CCCO3)c2)cnn1-c1ccc(F)cc1. The number of hydrogen-bond acceptors (Lipinski definition) is 4. The molecule has 1 fully saturated rings. The van der Waals surface area contributed by atoms with E-state index in [1.165, 1.54) is 18.3 Å². The zero-order valence-electron chi connectivity index (χ0n) is 16.1. The van der Waals surface area contributed by atoms with Crippen molar-refractivity contribution in [3.8, 4) is 11.4 Å². The Morgan fingerprint density at radius 3 is 2.90 bits per heavy atom. The summed E-state index contributed by atoms with van der Waals surface area (Å²) in [6, 6.07) is 13.2. The number of aromatic nitrogens is 2. The molecule has 0 spiro atoms. The summed E-state index contributed by atoms with van der Waals surface area (Å²) >= 11 is 0. The number of ether oxygens (including phenoxy) is 2. The van der Waals surface area contributed by atoms with Crippen LogP contribution in [0.25, 0.3) is 5.69 Å². The van der Waals surface area contributed by atoms with E-state index in [1.807, 2.05) is 12.1 Å². The highest BCUT2D eigenvalue weighted by Gasteiger charge is 2.17. The number of nitrogens with zero attached hydrogens (tertiary/aromatic N) is 2. The summed E-state index contributed by atoms with van der Waals surface area (Å²) in [4.78, 5) is 12.7. The van der Waals surface area contributed by atoms with Gasteiger partial charge in [-0.3, -0.25) is 4.79 Å². The van der Waals surface area contributed by atoms with Crippen molar-refractivity contribution in [3.63, 3.8) is 0 Å². The molecule has 1 atom stereocenters. The molecule has 0 aliphatic carbocycles. The molecule has 150 valence electrons. The molecule has 1 amide bonds. The molecule has 1 unspecified atom stereocenters. The molecule has 1 aliphatic heterocycles. The number of anilines is 1. The van der Waals surface area contributed by atoms with E-state index in [2.05, 4.69) is 10.4 Å². The number of carbonyl (C=O) groups excluding carboxylic acids is 1. The molecular formula is C22H22FN3O3. The van der Waals surface area contributed by atoms with Crippen LogP contribution in [0.5, 0.6) is 5.75 Å². The smallest absolute Gasteiger partial charge is 0.259 e. The van der Waals surface area contributed by atoms with Gasteiger partial charge in [-0.2, -0.15) is 5.10 Å². The fraction of sp³-hybridized carbons (Fsp3) is 0.273. The topological polar surface area (TPSA) is 65.4 Å². The summed E-state index contributed by atoms with van der Waals surface area (Å²) in [5, 5.41) is 7.14. The van der Waals surface area contributed by atoms with E-state index >= 15 is 0 Å². The van der Waals surface area contributed by atoms with Crippen LogP contribution in [0.2, 0.25) is 0 Å². The summed E-state index contributed by atoms with van der Waals surface area (Å²) < 4.78 is 26.1. The fourth-order valence-electron chi connectivity index (χ4n) is 3.30. The number of halogens is 1. The van der Waals surface area contributed by atoms with Crippen LogP contribution in [0.3, 0.4) is 0 Å². The Hall–Kier alpha value is -3.19. The van der Waals surface area contributed by atoms with Gasteiger partial charge in [-0.15, -0.1) is 0 Å². The van der Waals surface area contributed by atoms with Gasteiger partial charge in [0.1, 0.15) is 18.2 Å². The maximum atomic E-state index is 13.1. The molecule has 1 N–H and O–H groups in total. The molecule has 2 aromatic carbocycles. The summed E-state index contributed by atoms with van der Waals surface area (Å²) in [6.07, 6.45) is 3.71. The van der Waals surface area contributed by atoms with Crippen LogP contribution in [-0.4, -0.2) is 35.0 Å². The van der Waals surface area contributed by atoms with Gasteiger partial charge >= 0.3 is 0 Å². The Kier molecular flexibility index (Phi) is 5.57. The lowest BCUT2D eigenvalue weighted by atomic mass is 10.2. The third kappa shape index (κ3) is 4.46. The van der Waals surface area contributed by atoms with E-state index in [9.17, 15) is 9.18 Å². The highest BCUT2D eigenvalue weighted by molar-refractivity contribution is 6.05. The van der Waals surface area contributed by atoms with Crippen LogP contribution < -0.4 is 10.1 Å². The molecule has 1 aromatic heterocycles. The summed E-state index contributed by atoms with van der Waals surface area (Å²) in [6.45, 7) is 3.09. The summed E-state index contributed by atoms with van der Waals surface area (Å²) in [5.74, 6) is 0.0855. The first-order valence-corrected chi connectivity index (χ1v) is 9.56. The number of benzene rings is 2. The molecular weight excluding hydrogens is 373 g/mol. The van der Waals surface area contributed by atoms with Gasteiger partial charge in [0.25, 0.3) is 5.91 Å². The lowest BCUT2D eigenvalue weighted by Gasteiger charge is -2.12. The van der Waals surface area contributed by atoms with Gasteiger partial charge in [-0.05, 0) is 56.2 Å². The van der Waals surface area contributed by atoms with E-state index in [4.69, 9.17) is 9.47 Å². The van der Waals surface area contributed by atoms with Crippen molar-refractivity contribution in [3.05, 3.63) is 71.8 Å². The molecule has 0 saturated carbocycles. The molecule has 0 bridgehead atoms. The van der Waals surface area contributed by atoms with Gasteiger partial charge in [-0.1, -0.05) is 6.07 Å². The summed E-state index contributed by atoms with van der Waals surface area (Å²) in [5.41, 5.74) is 2.43. The lowest BCUT2D eigenvalue weighted by molar-refractivity contribution is 0.0680. The van der Waals surface area contributed by atoms with Crippen LogP contribution in [0.4, 0.5) is 10.1 Å². The van der Waals surface area contributed by atoms with Gasteiger partial charge in [0.2, 0.25) is 0 Å². The van der Waals surface area contributed by atoms with E-state index in [0.717, 1.165) is 19.4 Å². The van der Waals surface area contributed by atoms with Crippen molar-refractivity contribution in [1.29, 1.82) is 0 Å². The predicted octanol–water partition coefficient (Wildman–Crippen LogP) is 4.13. The van der Waals surface area contributed by atoms with E-state index < -0.39 is 0 Å². The zero-order valence-corrected chi connectivity index (χ0v) is 16.1. The van der Waals surface area contributed by atoms with Crippen LogP contribution in [0.1, 0.15) is 28.9 Å². The Morgan fingerprint density at radius 1 is 1.31 bits per heavy atom. The minimum Gasteiger partial charge on any atom is -0.491 e. The van der Waals surface area contributed by atoms with Crippen molar-refractivity contribution in [2.45, 2.75) is 25.9 Å². The normalized spacial score (nSPS) is 16.0. The quantitative estimate of drug-likeness (QED) is 0.682. The largest absolute Gasteiger partial charge is 0.491 e. The van der Waals surface area contributed by atoms with Crippen molar-refractivity contribution >= 4 is 11.6 Å². The van der Waals surface area contributed by atoms with Gasteiger partial charge in [0.05, 0.1) is 29.2 Å². The first kappa shape index (κ1) is 19.1. The summed E-state index contributed by atoms with van der Waals surface area (Å²) in [7, 11) is 0. The second kappa shape index (κ2) is 8.45.